The van der Waals surface area contributed by atoms with Crippen molar-refractivity contribution in [2.75, 3.05) is 26.8 Å². The summed E-state index contributed by atoms with van der Waals surface area (Å²) < 4.78 is 38.7. The highest BCUT2D eigenvalue weighted by Crippen LogP contribution is 2.29. The molecule has 0 aliphatic carbocycles. The number of halogens is 1. The van der Waals surface area contributed by atoms with Crippen LogP contribution in [0, 0.1) is 0 Å². The third-order valence-electron chi connectivity index (χ3n) is 4.83. The second-order valence-corrected chi connectivity index (χ2v) is 9.66. The van der Waals surface area contributed by atoms with Crippen LogP contribution >= 0.6 is 15.9 Å². The fourth-order valence-electron chi connectivity index (χ4n) is 3.18. The van der Waals surface area contributed by atoms with Crippen molar-refractivity contribution in [1.29, 1.82) is 0 Å². The first-order valence-electron chi connectivity index (χ1n) is 9.47. The number of methoxy groups -OCH3 is 1. The maximum absolute atomic E-state index is 13.1. The Morgan fingerprint density at radius 3 is 2.27 bits per heavy atom. The van der Waals surface area contributed by atoms with Crippen LogP contribution in [-0.2, 0) is 14.8 Å². The minimum Gasteiger partial charge on any atom is -0.495 e. The molecule has 1 aliphatic rings. The lowest BCUT2D eigenvalue weighted by molar-refractivity contribution is 0.0474. The van der Waals surface area contributed by atoms with Gasteiger partial charge in [0, 0.05) is 23.1 Å². The molecule has 0 N–H and O–H groups in total. The molecule has 0 saturated carbocycles. The van der Waals surface area contributed by atoms with Crippen LogP contribution in [0.2, 0.25) is 0 Å². The number of esters is 1. The van der Waals surface area contributed by atoms with E-state index in [1.54, 1.807) is 24.3 Å². The van der Waals surface area contributed by atoms with Gasteiger partial charge < -0.3 is 9.47 Å². The van der Waals surface area contributed by atoms with E-state index < -0.39 is 22.6 Å². The van der Waals surface area contributed by atoms with Crippen molar-refractivity contribution in [3.05, 3.63) is 58.1 Å². The molecular weight excluding hydrogens is 474 g/mol. The smallest absolute Gasteiger partial charge is 0.338 e. The number of benzene rings is 2. The van der Waals surface area contributed by atoms with Crippen LogP contribution in [0.3, 0.4) is 0 Å². The Morgan fingerprint density at radius 2 is 1.63 bits per heavy atom. The summed E-state index contributed by atoms with van der Waals surface area (Å²) in [6.07, 6.45) is 2.57. The van der Waals surface area contributed by atoms with E-state index in [0.717, 1.165) is 23.7 Å². The molecule has 1 saturated heterocycles. The molecule has 1 aliphatic heterocycles. The molecule has 0 spiro atoms. The first kappa shape index (κ1) is 22.5. The lowest BCUT2D eigenvalue weighted by Gasteiger charge is -2.26. The van der Waals surface area contributed by atoms with Crippen molar-refractivity contribution in [3.8, 4) is 5.75 Å². The van der Waals surface area contributed by atoms with Crippen LogP contribution < -0.4 is 4.74 Å². The number of rotatable bonds is 7. The maximum Gasteiger partial charge on any atom is 0.338 e. The highest BCUT2D eigenvalue weighted by Gasteiger charge is 2.30. The maximum atomic E-state index is 13.1. The highest BCUT2D eigenvalue weighted by molar-refractivity contribution is 9.10. The molecule has 0 unspecified atom stereocenters. The number of hydrogen-bond acceptors (Lipinski definition) is 6. The number of piperidine rings is 1. The zero-order valence-electron chi connectivity index (χ0n) is 16.5. The monoisotopic (exact) mass is 495 g/mol. The SMILES string of the molecule is COc1ccc(C(=O)OCC(=O)c2ccc(Br)cc2)cc1S(=O)(=O)N1CCCCC1. The molecule has 1 heterocycles. The van der Waals surface area contributed by atoms with E-state index in [0.29, 0.717) is 18.7 Å². The molecule has 3 rings (SSSR count). The van der Waals surface area contributed by atoms with E-state index >= 15 is 0 Å². The topological polar surface area (TPSA) is 90.0 Å². The number of ketones is 1. The summed E-state index contributed by atoms with van der Waals surface area (Å²) in [5.41, 5.74) is 0.448. The predicted molar refractivity (Wildman–Crippen MR) is 114 cm³/mol. The van der Waals surface area contributed by atoms with Gasteiger partial charge in [-0.1, -0.05) is 34.5 Å². The first-order chi connectivity index (χ1) is 14.3. The van der Waals surface area contributed by atoms with Crippen LogP contribution in [0.1, 0.15) is 40.0 Å². The van der Waals surface area contributed by atoms with Crippen molar-refractivity contribution in [3.63, 3.8) is 0 Å². The van der Waals surface area contributed by atoms with E-state index in [1.807, 2.05) is 0 Å². The molecule has 0 aromatic heterocycles. The summed E-state index contributed by atoms with van der Waals surface area (Å²) in [7, 11) is -2.44. The molecule has 1 fully saturated rings. The third kappa shape index (κ3) is 5.08. The van der Waals surface area contributed by atoms with E-state index in [2.05, 4.69) is 15.9 Å². The van der Waals surface area contributed by atoms with Crippen molar-refractivity contribution in [1.82, 2.24) is 4.31 Å². The van der Waals surface area contributed by atoms with Gasteiger partial charge >= 0.3 is 5.97 Å². The van der Waals surface area contributed by atoms with E-state index in [4.69, 9.17) is 9.47 Å². The summed E-state index contributed by atoms with van der Waals surface area (Å²) in [6.45, 7) is 0.421. The largest absolute Gasteiger partial charge is 0.495 e. The molecule has 0 radical (unpaired) electrons. The molecule has 9 heteroatoms. The molecule has 30 heavy (non-hydrogen) atoms. The van der Waals surface area contributed by atoms with E-state index in [9.17, 15) is 18.0 Å². The van der Waals surface area contributed by atoms with Crippen LogP contribution in [0.5, 0.6) is 5.75 Å². The van der Waals surface area contributed by atoms with Crippen molar-refractivity contribution in [2.24, 2.45) is 0 Å². The number of carbonyl (C=O) groups is 2. The lowest BCUT2D eigenvalue weighted by Crippen LogP contribution is -2.35. The highest BCUT2D eigenvalue weighted by atomic mass is 79.9. The van der Waals surface area contributed by atoms with Gasteiger partial charge in [-0.15, -0.1) is 0 Å². The molecular formula is C21H22BrNO6S. The molecule has 2 aromatic carbocycles. The van der Waals surface area contributed by atoms with Gasteiger partial charge in [0.15, 0.2) is 12.4 Å². The normalized spacial score (nSPS) is 14.9. The molecule has 7 nitrogen and oxygen atoms in total. The zero-order valence-corrected chi connectivity index (χ0v) is 18.9. The standard InChI is InChI=1S/C21H22BrNO6S/c1-28-19-10-7-16(13-20(19)30(26,27)23-11-3-2-4-12-23)21(25)29-14-18(24)15-5-8-17(22)9-6-15/h5-10,13H,2-4,11-12,14H2,1H3. The predicted octanol–water partition coefficient (Wildman–Crippen LogP) is 3.67. The quantitative estimate of drug-likeness (QED) is 0.429. The van der Waals surface area contributed by atoms with Crippen LogP contribution in [0.15, 0.2) is 51.8 Å². The van der Waals surface area contributed by atoms with Gasteiger partial charge in [-0.3, -0.25) is 4.79 Å². The third-order valence-corrected chi connectivity index (χ3v) is 7.28. The fraction of sp³-hybridized carbons (Fsp3) is 0.333. The number of Topliss-reactive ketones (excluding diaryl/α,β-unsaturated/α-hetero) is 1. The number of nitrogens with zero attached hydrogens (tertiary/aromatic N) is 1. The van der Waals surface area contributed by atoms with Gasteiger partial charge in [-0.25, -0.2) is 13.2 Å². The average Bonchev–Trinajstić information content (AvgIpc) is 2.77. The molecule has 0 bridgehead atoms. The van der Waals surface area contributed by atoms with Crippen LogP contribution in [-0.4, -0.2) is 51.3 Å². The Kier molecular flexibility index (Phi) is 7.27. The minimum absolute atomic E-state index is 0.0370. The number of ether oxygens (including phenoxy) is 2. The van der Waals surface area contributed by atoms with Gasteiger partial charge in [0.05, 0.1) is 12.7 Å². The second-order valence-electron chi connectivity index (χ2n) is 6.84. The summed E-state index contributed by atoms with van der Waals surface area (Å²) >= 11 is 3.29. The zero-order chi connectivity index (χ0) is 21.7. The van der Waals surface area contributed by atoms with Crippen LogP contribution in [0.4, 0.5) is 0 Å². The summed E-state index contributed by atoms with van der Waals surface area (Å²) in [5.74, 6) is -0.980. The van der Waals surface area contributed by atoms with Gasteiger partial charge in [0.25, 0.3) is 0 Å². The van der Waals surface area contributed by atoms with E-state index in [1.165, 1.54) is 29.6 Å². The Hall–Kier alpha value is -2.23. The minimum atomic E-state index is -3.81. The van der Waals surface area contributed by atoms with Gasteiger partial charge in [0.1, 0.15) is 10.6 Å². The van der Waals surface area contributed by atoms with Crippen molar-refractivity contribution < 1.29 is 27.5 Å². The Morgan fingerprint density at radius 1 is 1.00 bits per heavy atom. The summed E-state index contributed by atoms with van der Waals surface area (Å²) in [6, 6.07) is 10.8. The summed E-state index contributed by atoms with van der Waals surface area (Å²) in [5, 5.41) is 0. The molecule has 0 amide bonds. The van der Waals surface area contributed by atoms with E-state index in [-0.39, 0.29) is 22.0 Å². The Bertz CT molecular complexity index is 1030. The molecule has 160 valence electrons. The summed E-state index contributed by atoms with van der Waals surface area (Å²) in [4.78, 5) is 24.6. The van der Waals surface area contributed by atoms with Gasteiger partial charge in [-0.05, 0) is 43.2 Å². The second kappa shape index (κ2) is 9.72. The first-order valence-corrected chi connectivity index (χ1v) is 11.7. The Balaban J connectivity index is 1.77. The van der Waals surface area contributed by atoms with Gasteiger partial charge in [0.2, 0.25) is 10.0 Å². The fourth-order valence-corrected chi connectivity index (χ4v) is 5.15. The number of hydrogen-bond donors (Lipinski definition) is 0. The Labute approximate surface area is 184 Å². The molecule has 2 aromatic rings. The van der Waals surface area contributed by atoms with Crippen molar-refractivity contribution in [2.45, 2.75) is 24.2 Å². The van der Waals surface area contributed by atoms with Crippen LogP contribution in [0.25, 0.3) is 0 Å². The number of sulfonamides is 1. The average molecular weight is 496 g/mol. The van der Waals surface area contributed by atoms with Crippen molar-refractivity contribution >= 4 is 37.7 Å². The number of carbonyl (C=O) groups excluding carboxylic acids is 2. The lowest BCUT2D eigenvalue weighted by atomic mass is 10.1. The van der Waals surface area contributed by atoms with Gasteiger partial charge in [-0.2, -0.15) is 4.31 Å². The molecule has 0 atom stereocenters.